The van der Waals surface area contributed by atoms with E-state index in [1.807, 2.05) is 0 Å². The van der Waals surface area contributed by atoms with Crippen molar-refractivity contribution in [3.8, 4) is 11.3 Å². The largest absolute Gasteiger partial charge is 0.320 e. The zero-order valence-electron chi connectivity index (χ0n) is 21.1. The molecule has 0 saturated heterocycles. The molecule has 0 saturated carbocycles. The molecule has 2 aromatic carbocycles. The number of hydrogen-bond acceptors (Lipinski definition) is 7. The van der Waals surface area contributed by atoms with E-state index in [0.717, 1.165) is 0 Å². The summed E-state index contributed by atoms with van der Waals surface area (Å²) >= 11 is 0. The number of nitro groups is 1. The molecule has 0 radical (unpaired) electrons. The van der Waals surface area contributed by atoms with Crippen LogP contribution in [0.2, 0.25) is 0 Å². The van der Waals surface area contributed by atoms with Gasteiger partial charge in [-0.05, 0) is 62.0 Å². The van der Waals surface area contributed by atoms with Gasteiger partial charge in [-0.25, -0.2) is 4.39 Å². The summed E-state index contributed by atoms with van der Waals surface area (Å²) in [5.74, 6) is -1.27. The smallest absolute Gasteiger partial charge is 0.275 e. The van der Waals surface area contributed by atoms with Crippen LogP contribution >= 0.6 is 0 Å². The molecule has 1 atom stereocenters. The summed E-state index contributed by atoms with van der Waals surface area (Å²) in [6.45, 7) is 1.58. The number of nitro benzene ring substituents is 1. The normalized spacial score (nSPS) is 11.6. The highest BCUT2D eigenvalue weighted by Gasteiger charge is 2.18. The van der Waals surface area contributed by atoms with Crippen molar-refractivity contribution in [1.29, 1.82) is 0 Å². The number of non-ortho nitro benzene ring substituents is 1. The molecule has 39 heavy (non-hydrogen) atoms. The molecule has 0 aliphatic heterocycles. The van der Waals surface area contributed by atoms with Gasteiger partial charge in [0.1, 0.15) is 11.5 Å². The summed E-state index contributed by atoms with van der Waals surface area (Å²) < 4.78 is 14.6. The molecular formula is C28H24FN5O5. The topological polar surface area (TPSA) is 136 Å². The molecule has 0 bridgehead atoms. The molecule has 198 valence electrons. The fraction of sp³-hybridized carbons (Fsp3) is 0.143. The van der Waals surface area contributed by atoms with E-state index in [1.165, 1.54) is 65.5 Å². The predicted molar refractivity (Wildman–Crippen MR) is 143 cm³/mol. The molecule has 1 unspecified atom stereocenters. The summed E-state index contributed by atoms with van der Waals surface area (Å²) in [5, 5.41) is 16.8. The zero-order chi connectivity index (χ0) is 28.1. The molecule has 0 aliphatic carbocycles. The lowest BCUT2D eigenvalue weighted by molar-refractivity contribution is -0.384. The van der Waals surface area contributed by atoms with E-state index in [4.69, 9.17) is 0 Å². The highest BCUT2D eigenvalue weighted by Crippen LogP contribution is 2.25. The van der Waals surface area contributed by atoms with Crippen molar-refractivity contribution in [2.75, 3.05) is 12.4 Å². The van der Waals surface area contributed by atoms with Gasteiger partial charge in [-0.2, -0.15) is 0 Å². The number of aromatic nitrogens is 2. The summed E-state index contributed by atoms with van der Waals surface area (Å²) in [4.78, 5) is 53.9. The molecule has 4 aromatic rings. The summed E-state index contributed by atoms with van der Waals surface area (Å²) in [7, 11) is 1.61. The Bertz CT molecular complexity index is 1620. The summed E-state index contributed by atoms with van der Waals surface area (Å²) in [6.07, 6.45) is 2.86. The van der Waals surface area contributed by atoms with Gasteiger partial charge < -0.3 is 15.2 Å². The van der Waals surface area contributed by atoms with E-state index < -0.39 is 28.2 Å². The number of likely N-dealkylation sites (N-methyl/N-ethyl adjacent to an activating group) is 1. The lowest BCUT2D eigenvalue weighted by Crippen LogP contribution is -2.37. The molecule has 2 aromatic heterocycles. The second-order valence-electron chi connectivity index (χ2n) is 8.75. The second-order valence-corrected chi connectivity index (χ2v) is 8.75. The Morgan fingerprint density at radius 1 is 1.05 bits per heavy atom. The van der Waals surface area contributed by atoms with Crippen LogP contribution in [0, 0.1) is 15.9 Å². The molecule has 1 amide bonds. The second kappa shape index (κ2) is 11.6. The van der Waals surface area contributed by atoms with Crippen molar-refractivity contribution in [1.82, 2.24) is 14.9 Å². The van der Waals surface area contributed by atoms with E-state index >= 15 is 0 Å². The third-order valence-corrected chi connectivity index (χ3v) is 6.12. The van der Waals surface area contributed by atoms with Crippen molar-refractivity contribution >= 4 is 23.1 Å². The van der Waals surface area contributed by atoms with E-state index in [0.29, 0.717) is 16.8 Å². The Morgan fingerprint density at radius 3 is 2.49 bits per heavy atom. The molecule has 2 heterocycles. The van der Waals surface area contributed by atoms with Crippen LogP contribution in [0.15, 0.2) is 83.9 Å². The predicted octanol–water partition coefficient (Wildman–Crippen LogP) is 3.78. The minimum Gasteiger partial charge on any atom is -0.320 e. The van der Waals surface area contributed by atoms with Crippen LogP contribution in [0.25, 0.3) is 11.3 Å². The molecule has 2 N–H and O–H groups in total. The first-order valence-corrected chi connectivity index (χ1v) is 11.9. The highest BCUT2D eigenvalue weighted by atomic mass is 19.1. The van der Waals surface area contributed by atoms with Crippen LogP contribution in [0.3, 0.4) is 0 Å². The maximum Gasteiger partial charge on any atom is 0.275 e. The van der Waals surface area contributed by atoms with Gasteiger partial charge in [0.2, 0.25) is 5.91 Å². The SMILES string of the molecule is CNC(C)C(=O)Nc1ccc(-c2cccc([N+](=O)[O-])c2)n(Cc2cncc(C(=O)c3ccc(F)cc3)c2)c1=O. The summed E-state index contributed by atoms with van der Waals surface area (Å²) in [6, 6.07) is 15.0. The number of amides is 1. The van der Waals surface area contributed by atoms with E-state index in [9.17, 15) is 28.9 Å². The Morgan fingerprint density at radius 2 is 1.79 bits per heavy atom. The van der Waals surface area contributed by atoms with Gasteiger partial charge >= 0.3 is 0 Å². The first-order valence-electron chi connectivity index (χ1n) is 11.9. The van der Waals surface area contributed by atoms with Crippen molar-refractivity contribution in [2.24, 2.45) is 0 Å². The van der Waals surface area contributed by atoms with E-state index in [2.05, 4.69) is 15.6 Å². The highest BCUT2D eigenvalue weighted by molar-refractivity contribution is 6.08. The van der Waals surface area contributed by atoms with Crippen LogP contribution < -0.4 is 16.2 Å². The van der Waals surface area contributed by atoms with Crippen LogP contribution in [-0.2, 0) is 11.3 Å². The lowest BCUT2D eigenvalue weighted by Gasteiger charge is -2.17. The van der Waals surface area contributed by atoms with Gasteiger partial charge in [-0.15, -0.1) is 0 Å². The average molecular weight is 530 g/mol. The van der Waals surface area contributed by atoms with Gasteiger partial charge in [0.05, 0.1) is 23.2 Å². The Labute approximate surface area is 222 Å². The van der Waals surface area contributed by atoms with Crippen LogP contribution in [0.4, 0.5) is 15.8 Å². The fourth-order valence-electron chi connectivity index (χ4n) is 3.88. The first-order chi connectivity index (χ1) is 18.7. The number of rotatable bonds is 9. The molecule has 0 spiro atoms. The average Bonchev–Trinajstić information content (AvgIpc) is 2.95. The number of halogens is 1. The minimum atomic E-state index is -0.562. The van der Waals surface area contributed by atoms with Crippen LogP contribution in [0.1, 0.15) is 28.4 Å². The number of carbonyl (C=O) groups excluding carboxylic acids is 2. The van der Waals surface area contributed by atoms with Crippen LogP contribution in [0.5, 0.6) is 0 Å². The number of pyridine rings is 2. The molecular weight excluding hydrogens is 505 g/mol. The standard InChI is InChI=1S/C28H24FN5O5/c1-17(30-2)27(36)32-24-10-11-25(20-4-3-5-23(13-20)34(38)39)33(28(24)37)16-18-12-21(15-31-14-18)26(35)19-6-8-22(29)9-7-19/h3-15,17,30H,16H2,1-2H3,(H,32,36). The van der Waals surface area contributed by atoms with E-state index in [1.54, 1.807) is 32.2 Å². The fourth-order valence-corrected chi connectivity index (χ4v) is 3.88. The van der Waals surface area contributed by atoms with Gasteiger partial charge in [0.25, 0.3) is 11.2 Å². The molecule has 4 rings (SSSR count). The number of benzene rings is 2. The van der Waals surface area contributed by atoms with Gasteiger partial charge in [-0.1, -0.05) is 12.1 Å². The maximum absolute atomic E-state index is 13.6. The third-order valence-electron chi connectivity index (χ3n) is 6.12. The zero-order valence-corrected chi connectivity index (χ0v) is 21.1. The Hall–Kier alpha value is -5.03. The van der Waals surface area contributed by atoms with Crippen molar-refractivity contribution in [3.05, 3.63) is 122 Å². The number of ketones is 1. The number of hydrogen-bond donors (Lipinski definition) is 2. The van der Waals surface area contributed by atoms with Gasteiger partial charge in [-0.3, -0.25) is 29.5 Å². The number of carbonyl (C=O) groups is 2. The van der Waals surface area contributed by atoms with Crippen molar-refractivity contribution < 1.29 is 18.9 Å². The van der Waals surface area contributed by atoms with E-state index in [-0.39, 0.29) is 34.8 Å². The molecule has 10 nitrogen and oxygen atoms in total. The lowest BCUT2D eigenvalue weighted by atomic mass is 10.0. The summed E-state index contributed by atoms with van der Waals surface area (Å²) in [5.41, 5.74) is 1.08. The number of nitrogens with one attached hydrogen (secondary N) is 2. The first kappa shape index (κ1) is 27.0. The number of nitrogens with zero attached hydrogens (tertiary/aromatic N) is 3. The van der Waals surface area contributed by atoms with Crippen molar-refractivity contribution in [2.45, 2.75) is 19.5 Å². The maximum atomic E-state index is 13.6. The molecule has 0 aliphatic rings. The Balaban J connectivity index is 1.78. The minimum absolute atomic E-state index is 0.0165. The van der Waals surface area contributed by atoms with Crippen molar-refractivity contribution in [3.63, 3.8) is 0 Å². The molecule has 11 heteroatoms. The van der Waals surface area contributed by atoms with Gasteiger partial charge in [0.15, 0.2) is 5.78 Å². The quantitative estimate of drug-likeness (QED) is 0.191. The van der Waals surface area contributed by atoms with Gasteiger partial charge in [0, 0.05) is 41.2 Å². The molecule has 0 fully saturated rings. The Kier molecular flexibility index (Phi) is 8.01. The number of anilines is 1. The third kappa shape index (κ3) is 6.11. The van der Waals surface area contributed by atoms with Crippen LogP contribution in [-0.4, -0.2) is 39.3 Å². The monoisotopic (exact) mass is 529 g/mol.